The number of ether oxygens (including phenoxy) is 1. The first-order valence-corrected chi connectivity index (χ1v) is 8.32. The van der Waals surface area contributed by atoms with Crippen LogP contribution in [0.4, 0.5) is 5.82 Å². The largest absolute Gasteiger partial charge is 0.491 e. The number of aromatic nitrogens is 2. The zero-order valence-electron chi connectivity index (χ0n) is 12.8. The van der Waals surface area contributed by atoms with Gasteiger partial charge in [-0.1, -0.05) is 12.1 Å². The number of nitrogens with zero attached hydrogens (tertiary/aromatic N) is 1. The maximum Gasteiger partial charge on any atom is 0.235 e. The van der Waals surface area contributed by atoms with E-state index in [2.05, 4.69) is 27.6 Å². The number of H-pyrrole nitrogens is 1. The molecule has 0 saturated carbocycles. The number of hydrogen-bond acceptors (Lipinski definition) is 4. The Labute approximate surface area is 133 Å². The molecule has 0 saturated heterocycles. The lowest BCUT2D eigenvalue weighted by Crippen LogP contribution is -2.12. The molecule has 6 heteroatoms. The van der Waals surface area contributed by atoms with Crippen molar-refractivity contribution in [2.75, 3.05) is 11.1 Å². The van der Waals surface area contributed by atoms with Crippen LogP contribution in [0.1, 0.15) is 35.9 Å². The fourth-order valence-corrected chi connectivity index (χ4v) is 3.72. The SMILES string of the molecule is Cc1[nH]nc2c1[C@@H](c1ccc(OC(C)C)cc1)SCC(=O)N2. The number of amides is 1. The second kappa shape index (κ2) is 6.04. The lowest BCUT2D eigenvalue weighted by molar-refractivity contribution is -0.113. The van der Waals surface area contributed by atoms with Gasteiger partial charge in [0.25, 0.3) is 0 Å². The Kier molecular flexibility index (Phi) is 4.11. The Balaban J connectivity index is 1.93. The van der Waals surface area contributed by atoms with E-state index in [1.165, 1.54) is 0 Å². The van der Waals surface area contributed by atoms with Gasteiger partial charge < -0.3 is 10.1 Å². The summed E-state index contributed by atoms with van der Waals surface area (Å²) in [4.78, 5) is 11.8. The van der Waals surface area contributed by atoms with Crippen molar-refractivity contribution in [2.45, 2.75) is 32.1 Å². The lowest BCUT2D eigenvalue weighted by atomic mass is 10.0. The van der Waals surface area contributed by atoms with Crippen LogP contribution < -0.4 is 10.1 Å². The molecular formula is C16H19N3O2S. The van der Waals surface area contributed by atoms with Gasteiger partial charge in [-0.25, -0.2) is 0 Å². The van der Waals surface area contributed by atoms with E-state index >= 15 is 0 Å². The van der Waals surface area contributed by atoms with Crippen LogP contribution in [-0.4, -0.2) is 28.0 Å². The predicted octanol–water partition coefficient (Wildman–Crippen LogP) is 3.28. The Morgan fingerprint density at radius 2 is 2.05 bits per heavy atom. The Bertz CT molecular complexity index is 679. The third-order valence-electron chi connectivity index (χ3n) is 3.45. The third kappa shape index (κ3) is 2.97. The molecule has 1 amide bonds. The molecule has 2 heterocycles. The molecule has 0 radical (unpaired) electrons. The van der Waals surface area contributed by atoms with Gasteiger partial charge in [0.1, 0.15) is 5.75 Å². The molecule has 1 aromatic carbocycles. The van der Waals surface area contributed by atoms with Crippen molar-refractivity contribution in [3.63, 3.8) is 0 Å². The smallest absolute Gasteiger partial charge is 0.235 e. The zero-order chi connectivity index (χ0) is 15.7. The topological polar surface area (TPSA) is 67.0 Å². The molecule has 1 atom stereocenters. The van der Waals surface area contributed by atoms with E-state index in [9.17, 15) is 4.79 Å². The van der Waals surface area contributed by atoms with Crippen LogP contribution in [0.3, 0.4) is 0 Å². The Morgan fingerprint density at radius 1 is 1.32 bits per heavy atom. The molecule has 1 aromatic heterocycles. The number of aromatic amines is 1. The van der Waals surface area contributed by atoms with Crippen LogP contribution in [-0.2, 0) is 4.79 Å². The van der Waals surface area contributed by atoms with E-state index in [0.29, 0.717) is 11.6 Å². The highest BCUT2D eigenvalue weighted by Gasteiger charge is 2.28. The van der Waals surface area contributed by atoms with E-state index in [1.807, 2.05) is 32.9 Å². The average molecular weight is 317 g/mol. The van der Waals surface area contributed by atoms with Gasteiger partial charge in [-0.05, 0) is 38.5 Å². The number of aryl methyl sites for hydroxylation is 1. The molecule has 1 aliphatic rings. The molecular weight excluding hydrogens is 298 g/mol. The summed E-state index contributed by atoms with van der Waals surface area (Å²) in [6, 6.07) is 8.07. The maximum absolute atomic E-state index is 11.8. The highest BCUT2D eigenvalue weighted by Crippen LogP contribution is 2.42. The van der Waals surface area contributed by atoms with Crippen molar-refractivity contribution in [3.05, 3.63) is 41.1 Å². The van der Waals surface area contributed by atoms with Crippen LogP contribution in [0.5, 0.6) is 5.75 Å². The van der Waals surface area contributed by atoms with Crippen molar-refractivity contribution in [2.24, 2.45) is 0 Å². The van der Waals surface area contributed by atoms with Gasteiger partial charge in [0.05, 0.1) is 17.1 Å². The number of carbonyl (C=O) groups excluding carboxylic acids is 1. The zero-order valence-corrected chi connectivity index (χ0v) is 13.7. The molecule has 2 N–H and O–H groups in total. The van der Waals surface area contributed by atoms with Crippen LogP contribution in [0.15, 0.2) is 24.3 Å². The lowest BCUT2D eigenvalue weighted by Gasteiger charge is -2.16. The van der Waals surface area contributed by atoms with Crippen molar-refractivity contribution >= 4 is 23.5 Å². The number of thioether (sulfide) groups is 1. The predicted molar refractivity (Wildman–Crippen MR) is 88.5 cm³/mol. The normalized spacial score (nSPS) is 17.8. The van der Waals surface area contributed by atoms with Gasteiger partial charge in [0, 0.05) is 11.3 Å². The molecule has 5 nitrogen and oxygen atoms in total. The average Bonchev–Trinajstić information content (AvgIpc) is 2.73. The monoisotopic (exact) mass is 317 g/mol. The van der Waals surface area contributed by atoms with Crippen LogP contribution in [0.2, 0.25) is 0 Å². The summed E-state index contributed by atoms with van der Waals surface area (Å²) in [5.74, 6) is 1.90. The summed E-state index contributed by atoms with van der Waals surface area (Å²) in [7, 11) is 0. The van der Waals surface area contributed by atoms with Gasteiger partial charge in [-0.15, -0.1) is 11.8 Å². The van der Waals surface area contributed by atoms with Crippen LogP contribution in [0.25, 0.3) is 0 Å². The maximum atomic E-state index is 11.8. The number of hydrogen-bond donors (Lipinski definition) is 2. The molecule has 0 unspecified atom stereocenters. The molecule has 116 valence electrons. The van der Waals surface area contributed by atoms with Crippen LogP contribution in [0, 0.1) is 6.92 Å². The molecule has 0 bridgehead atoms. The minimum absolute atomic E-state index is 0.0139. The minimum Gasteiger partial charge on any atom is -0.491 e. The molecule has 3 rings (SSSR count). The van der Waals surface area contributed by atoms with Crippen molar-refractivity contribution < 1.29 is 9.53 Å². The van der Waals surface area contributed by atoms with E-state index in [1.54, 1.807) is 11.8 Å². The molecule has 1 aliphatic heterocycles. The first kappa shape index (κ1) is 15.0. The van der Waals surface area contributed by atoms with E-state index in [-0.39, 0.29) is 17.3 Å². The standard InChI is InChI=1S/C16H19N3O2S/c1-9(2)21-12-6-4-11(5-7-12)15-14-10(3)18-19-16(14)17-13(20)8-22-15/h4-7,9,15H,8H2,1-3H3,(H2,17,18,19,20)/t15-/m1/s1. The second-order valence-corrected chi connectivity index (χ2v) is 6.68. The summed E-state index contributed by atoms with van der Waals surface area (Å²) < 4.78 is 5.68. The number of rotatable bonds is 3. The highest BCUT2D eigenvalue weighted by molar-refractivity contribution is 8.00. The summed E-state index contributed by atoms with van der Waals surface area (Å²) in [6.07, 6.45) is 0.155. The Hall–Kier alpha value is -1.95. The number of fused-ring (bicyclic) bond motifs is 1. The number of benzene rings is 1. The quantitative estimate of drug-likeness (QED) is 0.911. The summed E-state index contributed by atoms with van der Waals surface area (Å²) in [6.45, 7) is 5.99. The van der Waals surface area contributed by atoms with Gasteiger partial charge in [-0.2, -0.15) is 5.10 Å². The number of anilines is 1. The van der Waals surface area contributed by atoms with Crippen molar-refractivity contribution in [1.29, 1.82) is 0 Å². The first-order chi connectivity index (χ1) is 10.5. The van der Waals surface area contributed by atoms with Crippen molar-refractivity contribution in [3.8, 4) is 5.75 Å². The molecule has 0 spiro atoms. The van der Waals surface area contributed by atoms with Crippen LogP contribution >= 0.6 is 11.8 Å². The molecule has 0 aliphatic carbocycles. The molecule has 22 heavy (non-hydrogen) atoms. The summed E-state index contributed by atoms with van der Waals surface area (Å²) in [5, 5.41) is 10.1. The van der Waals surface area contributed by atoms with E-state index in [4.69, 9.17) is 4.74 Å². The summed E-state index contributed by atoms with van der Waals surface area (Å²) >= 11 is 1.61. The minimum atomic E-state index is -0.0139. The summed E-state index contributed by atoms with van der Waals surface area (Å²) in [5.41, 5.74) is 3.17. The van der Waals surface area contributed by atoms with Gasteiger partial charge in [0.15, 0.2) is 5.82 Å². The van der Waals surface area contributed by atoms with E-state index < -0.39 is 0 Å². The molecule has 0 fully saturated rings. The fourth-order valence-electron chi connectivity index (χ4n) is 2.52. The molecule has 2 aromatic rings. The fraction of sp³-hybridized carbons (Fsp3) is 0.375. The van der Waals surface area contributed by atoms with Gasteiger partial charge >= 0.3 is 0 Å². The van der Waals surface area contributed by atoms with Crippen molar-refractivity contribution in [1.82, 2.24) is 10.2 Å². The van der Waals surface area contributed by atoms with Gasteiger partial charge in [-0.3, -0.25) is 9.89 Å². The van der Waals surface area contributed by atoms with E-state index in [0.717, 1.165) is 22.6 Å². The third-order valence-corrected chi connectivity index (χ3v) is 4.72. The Morgan fingerprint density at radius 3 is 2.73 bits per heavy atom. The first-order valence-electron chi connectivity index (χ1n) is 7.27. The number of nitrogens with one attached hydrogen (secondary N) is 2. The van der Waals surface area contributed by atoms with Gasteiger partial charge in [0.2, 0.25) is 5.91 Å². The number of carbonyl (C=O) groups is 1. The highest BCUT2D eigenvalue weighted by atomic mass is 32.2. The second-order valence-electron chi connectivity index (χ2n) is 5.59.